The van der Waals surface area contributed by atoms with Crippen molar-refractivity contribution in [1.29, 1.82) is 0 Å². The van der Waals surface area contributed by atoms with Gasteiger partial charge in [0.2, 0.25) is 10.0 Å². The number of ether oxygens (including phenoxy) is 2. The lowest BCUT2D eigenvalue weighted by molar-refractivity contribution is 0.102. The molecule has 0 spiro atoms. The van der Waals surface area contributed by atoms with Crippen molar-refractivity contribution in [1.82, 2.24) is 9.71 Å². The van der Waals surface area contributed by atoms with Gasteiger partial charge in [0.25, 0.3) is 5.91 Å². The number of amides is 1. The molecule has 33 heavy (non-hydrogen) atoms. The van der Waals surface area contributed by atoms with Gasteiger partial charge in [0, 0.05) is 36.8 Å². The van der Waals surface area contributed by atoms with E-state index in [1.807, 2.05) is 0 Å². The Kier molecular flexibility index (Phi) is 7.24. The Bertz CT molecular complexity index is 1210. The molecule has 1 aliphatic rings. The van der Waals surface area contributed by atoms with Crippen LogP contribution in [0.5, 0.6) is 11.5 Å². The molecule has 2 aromatic carbocycles. The Morgan fingerprint density at radius 3 is 2.52 bits per heavy atom. The molecule has 10 heteroatoms. The fourth-order valence-corrected chi connectivity index (χ4v) is 4.88. The quantitative estimate of drug-likeness (QED) is 0.492. The lowest BCUT2D eigenvalue weighted by atomic mass is 10.2. The van der Waals surface area contributed by atoms with Crippen LogP contribution in [0.1, 0.15) is 23.2 Å². The first-order valence-corrected chi connectivity index (χ1v) is 12.2. The smallest absolute Gasteiger partial charge is 0.255 e. The van der Waals surface area contributed by atoms with E-state index in [1.54, 1.807) is 48.8 Å². The average Bonchev–Trinajstić information content (AvgIpc) is 3.34. The number of halogens is 1. The number of nitrogens with one attached hydrogen (secondary N) is 2. The lowest BCUT2D eigenvalue weighted by Gasteiger charge is -2.13. The summed E-state index contributed by atoms with van der Waals surface area (Å²) in [5.41, 5.74) is 0.687. The molecular formula is C23H22ClN3O5S. The number of hydrogen-bond acceptors (Lipinski definition) is 6. The molecule has 1 aliphatic heterocycles. The molecule has 3 aromatic rings. The highest BCUT2D eigenvalue weighted by Gasteiger charge is 2.23. The molecule has 1 saturated heterocycles. The molecule has 172 valence electrons. The molecule has 0 saturated carbocycles. The Morgan fingerprint density at radius 1 is 1.09 bits per heavy atom. The number of aromatic nitrogens is 1. The first-order valence-electron chi connectivity index (χ1n) is 10.3. The minimum atomic E-state index is -3.91. The molecule has 2 N–H and O–H groups in total. The highest BCUT2D eigenvalue weighted by Crippen LogP contribution is 2.25. The van der Waals surface area contributed by atoms with Gasteiger partial charge < -0.3 is 14.8 Å². The molecule has 0 bridgehead atoms. The molecule has 1 amide bonds. The molecule has 2 heterocycles. The fraction of sp³-hybridized carbons (Fsp3) is 0.217. The number of hydrogen-bond donors (Lipinski definition) is 2. The molecule has 4 rings (SSSR count). The first-order chi connectivity index (χ1) is 15.9. The second-order valence-electron chi connectivity index (χ2n) is 7.40. The normalized spacial score (nSPS) is 15.8. The summed E-state index contributed by atoms with van der Waals surface area (Å²) in [5.74, 6) is 0.770. The number of carbonyl (C=O) groups excluding carboxylic acids is 1. The Hall–Kier alpha value is -2.98. The number of nitrogens with zero attached hydrogens (tertiary/aromatic N) is 1. The van der Waals surface area contributed by atoms with Gasteiger partial charge in [0.1, 0.15) is 16.4 Å². The maximum Gasteiger partial charge on any atom is 0.255 e. The predicted molar refractivity (Wildman–Crippen MR) is 124 cm³/mol. The number of benzene rings is 2. The van der Waals surface area contributed by atoms with Crippen LogP contribution in [0.15, 0.2) is 71.9 Å². The lowest BCUT2D eigenvalue weighted by Crippen LogP contribution is -2.32. The Labute approximate surface area is 197 Å². The van der Waals surface area contributed by atoms with Crippen molar-refractivity contribution in [3.63, 3.8) is 0 Å². The van der Waals surface area contributed by atoms with Crippen molar-refractivity contribution in [2.45, 2.75) is 23.8 Å². The van der Waals surface area contributed by atoms with Gasteiger partial charge in [-0.2, -0.15) is 0 Å². The summed E-state index contributed by atoms with van der Waals surface area (Å²) in [6.45, 7) is 0.780. The average molecular weight is 488 g/mol. The van der Waals surface area contributed by atoms with E-state index in [4.69, 9.17) is 21.1 Å². The molecule has 0 aliphatic carbocycles. The van der Waals surface area contributed by atoms with Gasteiger partial charge in [-0.05, 0) is 67.4 Å². The van der Waals surface area contributed by atoms with Crippen LogP contribution in [0.2, 0.25) is 5.02 Å². The van der Waals surface area contributed by atoms with Crippen molar-refractivity contribution in [2.24, 2.45) is 0 Å². The number of carbonyl (C=O) groups is 1. The fourth-order valence-electron chi connectivity index (χ4n) is 3.29. The van der Waals surface area contributed by atoms with Crippen LogP contribution in [0.4, 0.5) is 5.69 Å². The molecule has 0 radical (unpaired) electrons. The maximum absolute atomic E-state index is 12.7. The van der Waals surface area contributed by atoms with Gasteiger partial charge in [0.05, 0.1) is 11.1 Å². The van der Waals surface area contributed by atoms with Crippen LogP contribution < -0.4 is 14.8 Å². The third-order valence-corrected chi connectivity index (χ3v) is 6.91. The molecular weight excluding hydrogens is 466 g/mol. The van der Waals surface area contributed by atoms with E-state index < -0.39 is 15.9 Å². The summed E-state index contributed by atoms with van der Waals surface area (Å²) in [7, 11) is -3.91. The van der Waals surface area contributed by atoms with E-state index in [0.717, 1.165) is 12.8 Å². The number of anilines is 1. The van der Waals surface area contributed by atoms with Gasteiger partial charge in [0.15, 0.2) is 0 Å². The Balaban J connectivity index is 1.42. The number of pyridine rings is 1. The molecule has 1 aromatic heterocycles. The zero-order chi connectivity index (χ0) is 23.3. The SMILES string of the molecule is O=C(Nc1ccc(Oc2ccncc2)cc1)c1ccc(Cl)c(S(=O)(=O)NCC2CCCO2)c1. The van der Waals surface area contributed by atoms with Crippen LogP contribution in [0.3, 0.4) is 0 Å². The van der Waals surface area contributed by atoms with Gasteiger partial charge in [-0.15, -0.1) is 0 Å². The van der Waals surface area contributed by atoms with Crippen LogP contribution in [-0.2, 0) is 14.8 Å². The number of sulfonamides is 1. The molecule has 1 atom stereocenters. The second-order valence-corrected chi connectivity index (χ2v) is 9.54. The summed E-state index contributed by atoms with van der Waals surface area (Å²) >= 11 is 6.13. The van der Waals surface area contributed by atoms with Crippen LogP contribution in [0, 0.1) is 0 Å². The third-order valence-electron chi connectivity index (χ3n) is 5.01. The standard InChI is InChI=1S/C23H22ClN3O5S/c24-21-8-3-16(14-22(21)33(29,30)26-15-20-2-1-13-31-20)23(28)27-17-4-6-18(7-5-17)32-19-9-11-25-12-10-19/h3-12,14,20,26H,1-2,13,15H2,(H,27,28). The van der Waals surface area contributed by atoms with E-state index in [-0.39, 0.29) is 28.1 Å². The van der Waals surface area contributed by atoms with Crippen LogP contribution in [-0.4, -0.2) is 38.6 Å². The van der Waals surface area contributed by atoms with Crippen LogP contribution in [0.25, 0.3) is 0 Å². The maximum atomic E-state index is 12.7. The number of rotatable bonds is 8. The minimum Gasteiger partial charge on any atom is -0.457 e. The summed E-state index contributed by atoms with van der Waals surface area (Å²) in [4.78, 5) is 16.5. The van der Waals surface area contributed by atoms with Crippen molar-refractivity contribution in [2.75, 3.05) is 18.5 Å². The molecule has 1 unspecified atom stereocenters. The summed E-state index contributed by atoms with van der Waals surface area (Å²) in [6, 6.07) is 14.4. The molecule has 1 fully saturated rings. The van der Waals surface area contributed by atoms with Gasteiger partial charge in [-0.1, -0.05) is 11.6 Å². The van der Waals surface area contributed by atoms with Crippen molar-refractivity contribution in [3.8, 4) is 11.5 Å². The van der Waals surface area contributed by atoms with Crippen molar-refractivity contribution >= 4 is 33.2 Å². The highest BCUT2D eigenvalue weighted by atomic mass is 35.5. The zero-order valence-corrected chi connectivity index (χ0v) is 19.1. The van der Waals surface area contributed by atoms with Gasteiger partial charge in [-0.3, -0.25) is 9.78 Å². The van der Waals surface area contributed by atoms with E-state index in [1.165, 1.54) is 18.2 Å². The Morgan fingerprint density at radius 2 is 1.82 bits per heavy atom. The van der Waals surface area contributed by atoms with E-state index in [9.17, 15) is 13.2 Å². The van der Waals surface area contributed by atoms with E-state index in [0.29, 0.717) is 23.8 Å². The second kappa shape index (κ2) is 10.3. The van der Waals surface area contributed by atoms with E-state index >= 15 is 0 Å². The summed E-state index contributed by atoms with van der Waals surface area (Å²) in [6.07, 6.45) is 4.80. The monoisotopic (exact) mass is 487 g/mol. The zero-order valence-electron chi connectivity index (χ0n) is 17.5. The minimum absolute atomic E-state index is 0.0315. The first kappa shape index (κ1) is 23.2. The summed E-state index contributed by atoms with van der Waals surface area (Å²) < 4.78 is 39.1. The largest absolute Gasteiger partial charge is 0.457 e. The molecule has 8 nitrogen and oxygen atoms in total. The van der Waals surface area contributed by atoms with Gasteiger partial charge >= 0.3 is 0 Å². The van der Waals surface area contributed by atoms with Crippen molar-refractivity contribution in [3.05, 3.63) is 77.6 Å². The van der Waals surface area contributed by atoms with Gasteiger partial charge in [-0.25, -0.2) is 13.1 Å². The van der Waals surface area contributed by atoms with Crippen molar-refractivity contribution < 1.29 is 22.7 Å². The van der Waals surface area contributed by atoms with E-state index in [2.05, 4.69) is 15.0 Å². The topological polar surface area (TPSA) is 107 Å². The predicted octanol–water partition coefficient (Wildman–Crippen LogP) is 4.24. The highest BCUT2D eigenvalue weighted by molar-refractivity contribution is 7.89. The van der Waals surface area contributed by atoms with Crippen LogP contribution >= 0.6 is 11.6 Å². The summed E-state index contributed by atoms with van der Waals surface area (Å²) in [5, 5.41) is 2.77. The third kappa shape index (κ3) is 6.08.